The van der Waals surface area contributed by atoms with Gasteiger partial charge in [-0.15, -0.1) is 11.3 Å². The maximum atomic E-state index is 4.41. The van der Waals surface area contributed by atoms with Gasteiger partial charge in [0.25, 0.3) is 0 Å². The molecule has 0 amide bonds. The summed E-state index contributed by atoms with van der Waals surface area (Å²) in [5.74, 6) is 0. The zero-order valence-electron chi connectivity index (χ0n) is 13.0. The zero-order chi connectivity index (χ0) is 14.3. The lowest BCUT2D eigenvalue weighted by molar-refractivity contribution is 0.113. The fourth-order valence-electron chi connectivity index (χ4n) is 3.44. The van der Waals surface area contributed by atoms with Crippen molar-refractivity contribution >= 4 is 11.3 Å². The monoisotopic (exact) mass is 295 g/mol. The van der Waals surface area contributed by atoms with Gasteiger partial charge in [-0.2, -0.15) is 0 Å². The minimum atomic E-state index is 0.484. The first-order valence-corrected chi connectivity index (χ1v) is 8.95. The Morgan fingerprint density at radius 1 is 1.35 bits per heavy atom. The molecule has 1 heterocycles. The van der Waals surface area contributed by atoms with Crippen LogP contribution in [0.25, 0.3) is 0 Å². The van der Waals surface area contributed by atoms with E-state index < -0.39 is 0 Å². The fourth-order valence-corrected chi connectivity index (χ4v) is 3.99. The van der Waals surface area contributed by atoms with Gasteiger partial charge in [0.05, 0.1) is 11.2 Å². The van der Waals surface area contributed by atoms with E-state index in [0.717, 1.165) is 13.1 Å². The molecular weight excluding hydrogens is 266 g/mol. The average molecular weight is 295 g/mol. The van der Waals surface area contributed by atoms with Crippen LogP contribution in [0.15, 0.2) is 10.9 Å². The first-order chi connectivity index (χ1) is 9.74. The van der Waals surface area contributed by atoms with E-state index in [4.69, 9.17) is 0 Å². The SMILES string of the molecule is CCCNCC1(CN(C)Cc2cscn2)CCCCC1. The number of hydrogen-bond acceptors (Lipinski definition) is 4. The second kappa shape index (κ2) is 8.11. The predicted octanol–water partition coefficient (Wildman–Crippen LogP) is 3.53. The molecule has 0 spiro atoms. The number of nitrogens with one attached hydrogen (secondary N) is 1. The highest BCUT2D eigenvalue weighted by molar-refractivity contribution is 7.07. The van der Waals surface area contributed by atoms with Gasteiger partial charge in [0, 0.05) is 25.0 Å². The molecule has 4 heteroatoms. The van der Waals surface area contributed by atoms with Crippen molar-refractivity contribution in [2.24, 2.45) is 5.41 Å². The summed E-state index contributed by atoms with van der Waals surface area (Å²) in [6.45, 7) is 6.76. The van der Waals surface area contributed by atoms with Crippen molar-refractivity contribution < 1.29 is 0 Å². The van der Waals surface area contributed by atoms with Gasteiger partial charge in [0.1, 0.15) is 0 Å². The van der Waals surface area contributed by atoms with Crippen LogP contribution in [-0.2, 0) is 6.54 Å². The molecule has 0 aromatic carbocycles. The average Bonchev–Trinajstić information content (AvgIpc) is 2.92. The summed E-state index contributed by atoms with van der Waals surface area (Å²) in [5.41, 5.74) is 3.63. The second-order valence-corrected chi connectivity index (χ2v) is 7.11. The van der Waals surface area contributed by atoms with Gasteiger partial charge >= 0.3 is 0 Å². The lowest BCUT2D eigenvalue weighted by Crippen LogP contribution is -2.44. The molecule has 1 saturated carbocycles. The normalized spacial score (nSPS) is 18.6. The third kappa shape index (κ3) is 4.83. The van der Waals surface area contributed by atoms with Crippen LogP contribution in [0, 0.1) is 5.41 Å². The van der Waals surface area contributed by atoms with Crippen LogP contribution in [0.2, 0.25) is 0 Å². The van der Waals surface area contributed by atoms with Crippen molar-refractivity contribution in [1.82, 2.24) is 15.2 Å². The summed E-state index contributed by atoms with van der Waals surface area (Å²) in [5, 5.41) is 5.84. The minimum Gasteiger partial charge on any atom is -0.316 e. The molecule has 0 unspecified atom stereocenters. The van der Waals surface area contributed by atoms with E-state index in [1.807, 2.05) is 5.51 Å². The summed E-state index contributed by atoms with van der Waals surface area (Å²) in [7, 11) is 2.25. The quantitative estimate of drug-likeness (QED) is 0.744. The highest BCUT2D eigenvalue weighted by Gasteiger charge is 2.32. The number of rotatable bonds is 8. The highest BCUT2D eigenvalue weighted by atomic mass is 32.1. The van der Waals surface area contributed by atoms with Gasteiger partial charge in [0.15, 0.2) is 0 Å². The van der Waals surface area contributed by atoms with Crippen LogP contribution in [-0.4, -0.2) is 36.6 Å². The fraction of sp³-hybridized carbons (Fsp3) is 0.812. The van der Waals surface area contributed by atoms with Gasteiger partial charge < -0.3 is 5.32 Å². The van der Waals surface area contributed by atoms with Gasteiger partial charge in [0.2, 0.25) is 0 Å². The van der Waals surface area contributed by atoms with Crippen LogP contribution in [0.5, 0.6) is 0 Å². The topological polar surface area (TPSA) is 28.2 Å². The smallest absolute Gasteiger partial charge is 0.0795 e. The second-order valence-electron chi connectivity index (χ2n) is 6.39. The van der Waals surface area contributed by atoms with E-state index >= 15 is 0 Å². The Bertz CT molecular complexity index is 358. The third-order valence-corrected chi connectivity index (χ3v) is 5.00. The molecule has 2 rings (SSSR count). The molecule has 1 fully saturated rings. The van der Waals surface area contributed by atoms with E-state index in [2.05, 4.69) is 34.6 Å². The molecule has 0 radical (unpaired) electrons. The Balaban J connectivity index is 1.88. The van der Waals surface area contributed by atoms with E-state index in [1.54, 1.807) is 11.3 Å². The molecular formula is C16H29N3S. The van der Waals surface area contributed by atoms with E-state index in [1.165, 1.54) is 57.3 Å². The molecule has 0 saturated heterocycles. The Hall–Kier alpha value is -0.450. The summed E-state index contributed by atoms with van der Waals surface area (Å²) >= 11 is 1.69. The molecule has 1 aromatic heterocycles. The van der Waals surface area contributed by atoms with Crippen LogP contribution >= 0.6 is 11.3 Å². The number of hydrogen-bond donors (Lipinski definition) is 1. The molecule has 1 N–H and O–H groups in total. The lowest BCUT2D eigenvalue weighted by Gasteiger charge is -2.40. The van der Waals surface area contributed by atoms with Crippen LogP contribution < -0.4 is 5.32 Å². The van der Waals surface area contributed by atoms with Crippen molar-refractivity contribution in [3.63, 3.8) is 0 Å². The Morgan fingerprint density at radius 3 is 2.80 bits per heavy atom. The maximum absolute atomic E-state index is 4.41. The third-order valence-electron chi connectivity index (χ3n) is 4.36. The molecule has 1 aliphatic carbocycles. The molecule has 1 aliphatic rings. The number of thiazole rings is 1. The van der Waals surface area contributed by atoms with Crippen molar-refractivity contribution in [3.05, 3.63) is 16.6 Å². The molecule has 0 aliphatic heterocycles. The van der Waals surface area contributed by atoms with Crippen molar-refractivity contribution in [1.29, 1.82) is 0 Å². The number of aromatic nitrogens is 1. The Kier molecular flexibility index (Phi) is 6.46. The van der Waals surface area contributed by atoms with Crippen LogP contribution in [0.1, 0.15) is 51.1 Å². The molecule has 0 bridgehead atoms. The molecule has 3 nitrogen and oxygen atoms in total. The maximum Gasteiger partial charge on any atom is 0.0795 e. The van der Waals surface area contributed by atoms with Crippen molar-refractivity contribution in [2.45, 2.75) is 52.0 Å². The van der Waals surface area contributed by atoms with E-state index in [0.29, 0.717) is 5.41 Å². The molecule has 114 valence electrons. The molecule has 1 aromatic rings. The predicted molar refractivity (Wildman–Crippen MR) is 87.1 cm³/mol. The van der Waals surface area contributed by atoms with Gasteiger partial charge in [-0.25, -0.2) is 4.98 Å². The summed E-state index contributed by atoms with van der Waals surface area (Å²) in [6.07, 6.45) is 8.21. The highest BCUT2D eigenvalue weighted by Crippen LogP contribution is 2.36. The summed E-state index contributed by atoms with van der Waals surface area (Å²) < 4.78 is 0. The zero-order valence-corrected chi connectivity index (χ0v) is 13.8. The Labute approximate surface area is 127 Å². The lowest BCUT2D eigenvalue weighted by atomic mass is 9.73. The van der Waals surface area contributed by atoms with Crippen LogP contribution in [0.4, 0.5) is 0 Å². The standard InChI is InChI=1S/C16H29N3S/c1-3-9-17-12-16(7-5-4-6-8-16)13-19(2)10-15-11-20-14-18-15/h11,14,17H,3-10,12-13H2,1-2H3. The first kappa shape index (κ1) is 15.9. The van der Waals surface area contributed by atoms with Gasteiger partial charge in [-0.1, -0.05) is 26.2 Å². The summed E-state index contributed by atoms with van der Waals surface area (Å²) in [4.78, 5) is 6.87. The number of nitrogens with zero attached hydrogens (tertiary/aromatic N) is 2. The molecule has 20 heavy (non-hydrogen) atoms. The van der Waals surface area contributed by atoms with Crippen molar-refractivity contribution in [2.75, 3.05) is 26.7 Å². The Morgan fingerprint density at radius 2 is 2.15 bits per heavy atom. The summed E-state index contributed by atoms with van der Waals surface area (Å²) in [6, 6.07) is 0. The van der Waals surface area contributed by atoms with Gasteiger partial charge in [-0.05, 0) is 38.3 Å². The van der Waals surface area contributed by atoms with E-state index in [-0.39, 0.29) is 0 Å². The van der Waals surface area contributed by atoms with Gasteiger partial charge in [-0.3, -0.25) is 4.90 Å². The molecule has 0 atom stereocenters. The van der Waals surface area contributed by atoms with Crippen LogP contribution in [0.3, 0.4) is 0 Å². The first-order valence-electron chi connectivity index (χ1n) is 8.00. The van der Waals surface area contributed by atoms with Crippen molar-refractivity contribution in [3.8, 4) is 0 Å². The largest absolute Gasteiger partial charge is 0.316 e. The minimum absolute atomic E-state index is 0.484. The van der Waals surface area contributed by atoms with E-state index in [9.17, 15) is 0 Å².